The Labute approximate surface area is 103 Å². The van der Waals surface area contributed by atoms with E-state index in [4.69, 9.17) is 5.73 Å². The normalized spacial score (nSPS) is 12.3. The molecule has 0 aliphatic heterocycles. The van der Waals surface area contributed by atoms with Gasteiger partial charge in [0.2, 0.25) is 0 Å². The predicted octanol–water partition coefficient (Wildman–Crippen LogP) is 3.38. The molecular formula is C9H6F6N2S. The highest BCUT2D eigenvalue weighted by Crippen LogP contribution is 2.38. The SMILES string of the molecule is NC(=S)Nc1cc(C(F)(F)F)ccc1C(F)(F)F. The van der Waals surface area contributed by atoms with E-state index in [1.165, 1.54) is 0 Å². The highest BCUT2D eigenvalue weighted by atomic mass is 32.1. The molecule has 2 nitrogen and oxygen atoms in total. The van der Waals surface area contributed by atoms with Crippen LogP contribution < -0.4 is 11.1 Å². The molecule has 0 fully saturated rings. The number of anilines is 1. The van der Waals surface area contributed by atoms with Crippen molar-refractivity contribution in [2.75, 3.05) is 5.32 Å². The molecule has 0 aliphatic carbocycles. The van der Waals surface area contributed by atoms with Gasteiger partial charge in [-0.05, 0) is 30.4 Å². The predicted molar refractivity (Wildman–Crippen MR) is 56.9 cm³/mol. The number of rotatable bonds is 1. The average molecular weight is 288 g/mol. The topological polar surface area (TPSA) is 38.0 Å². The summed E-state index contributed by atoms with van der Waals surface area (Å²) in [5, 5.41) is 1.33. The van der Waals surface area contributed by atoms with Crippen LogP contribution in [-0.2, 0) is 12.4 Å². The van der Waals surface area contributed by atoms with Gasteiger partial charge >= 0.3 is 12.4 Å². The van der Waals surface area contributed by atoms with E-state index in [2.05, 4.69) is 12.2 Å². The van der Waals surface area contributed by atoms with Crippen molar-refractivity contribution in [1.29, 1.82) is 0 Å². The van der Waals surface area contributed by atoms with E-state index in [9.17, 15) is 26.3 Å². The maximum atomic E-state index is 12.5. The zero-order valence-electron chi connectivity index (χ0n) is 8.49. The Hall–Kier alpha value is -1.51. The van der Waals surface area contributed by atoms with Crippen molar-refractivity contribution in [2.24, 2.45) is 5.73 Å². The summed E-state index contributed by atoms with van der Waals surface area (Å²) < 4.78 is 74.6. The summed E-state index contributed by atoms with van der Waals surface area (Å²) in [5.41, 5.74) is 1.64. The minimum atomic E-state index is -4.81. The van der Waals surface area contributed by atoms with Crippen LogP contribution in [0.2, 0.25) is 0 Å². The van der Waals surface area contributed by atoms with E-state index < -0.39 is 34.3 Å². The molecule has 1 aromatic carbocycles. The van der Waals surface area contributed by atoms with Gasteiger partial charge in [-0.25, -0.2) is 0 Å². The van der Waals surface area contributed by atoms with Gasteiger partial charge in [0.05, 0.1) is 16.8 Å². The Morgan fingerprint density at radius 2 is 1.61 bits per heavy atom. The summed E-state index contributed by atoms with van der Waals surface area (Å²) in [6.07, 6.45) is -9.56. The fourth-order valence-electron chi connectivity index (χ4n) is 1.20. The number of nitrogens with two attached hydrogens (primary N) is 1. The molecule has 0 saturated heterocycles. The van der Waals surface area contributed by atoms with Crippen molar-refractivity contribution < 1.29 is 26.3 Å². The van der Waals surface area contributed by atoms with Crippen LogP contribution in [0.25, 0.3) is 0 Å². The minimum Gasteiger partial charge on any atom is -0.376 e. The number of nitrogens with one attached hydrogen (secondary N) is 1. The summed E-state index contributed by atoms with van der Waals surface area (Å²) in [6, 6.07) is 0.971. The maximum absolute atomic E-state index is 12.5. The Balaban J connectivity index is 3.34. The third kappa shape index (κ3) is 3.49. The van der Waals surface area contributed by atoms with Gasteiger partial charge in [0.15, 0.2) is 5.11 Å². The molecule has 0 bridgehead atoms. The lowest BCUT2D eigenvalue weighted by Crippen LogP contribution is -2.22. The highest BCUT2D eigenvalue weighted by molar-refractivity contribution is 7.80. The Morgan fingerprint density at radius 3 is 2.00 bits per heavy atom. The Kier molecular flexibility index (Phi) is 3.75. The van der Waals surface area contributed by atoms with E-state index >= 15 is 0 Å². The summed E-state index contributed by atoms with van der Waals surface area (Å²) in [7, 11) is 0. The maximum Gasteiger partial charge on any atom is 0.418 e. The van der Waals surface area contributed by atoms with E-state index in [1.54, 1.807) is 0 Å². The molecule has 18 heavy (non-hydrogen) atoms. The Bertz CT molecular complexity index is 465. The lowest BCUT2D eigenvalue weighted by molar-refractivity contribution is -0.140. The zero-order valence-corrected chi connectivity index (χ0v) is 9.30. The van der Waals surface area contributed by atoms with E-state index in [0.29, 0.717) is 18.2 Å². The van der Waals surface area contributed by atoms with Gasteiger partial charge in [-0.3, -0.25) is 0 Å². The van der Waals surface area contributed by atoms with Gasteiger partial charge in [-0.1, -0.05) is 0 Å². The van der Waals surface area contributed by atoms with Crippen LogP contribution in [-0.4, -0.2) is 5.11 Å². The number of benzene rings is 1. The van der Waals surface area contributed by atoms with Crippen LogP contribution in [0.1, 0.15) is 11.1 Å². The summed E-state index contributed by atoms with van der Waals surface area (Å²) in [6.45, 7) is 0. The fourth-order valence-corrected chi connectivity index (χ4v) is 1.31. The molecule has 1 aromatic rings. The first-order chi connectivity index (χ1) is 8.01. The molecule has 0 unspecified atom stereocenters. The molecule has 0 radical (unpaired) electrons. The smallest absolute Gasteiger partial charge is 0.376 e. The van der Waals surface area contributed by atoms with Gasteiger partial charge in [-0.2, -0.15) is 26.3 Å². The third-order valence-electron chi connectivity index (χ3n) is 1.91. The number of hydrogen-bond acceptors (Lipinski definition) is 1. The van der Waals surface area contributed by atoms with E-state index in [1.807, 2.05) is 5.32 Å². The number of halogens is 6. The molecule has 0 heterocycles. The average Bonchev–Trinajstić information content (AvgIpc) is 2.13. The number of alkyl halides is 6. The molecule has 0 saturated carbocycles. The van der Waals surface area contributed by atoms with Gasteiger partial charge in [0.1, 0.15) is 0 Å². The second-order valence-electron chi connectivity index (χ2n) is 3.25. The van der Waals surface area contributed by atoms with Crippen LogP contribution in [0.4, 0.5) is 32.0 Å². The number of thiocarbonyl (C=S) groups is 1. The van der Waals surface area contributed by atoms with Crippen molar-refractivity contribution in [3.63, 3.8) is 0 Å². The molecular weight excluding hydrogens is 282 g/mol. The molecule has 0 spiro atoms. The molecule has 0 amide bonds. The lowest BCUT2D eigenvalue weighted by Gasteiger charge is -2.16. The fraction of sp³-hybridized carbons (Fsp3) is 0.222. The molecule has 0 atom stereocenters. The monoisotopic (exact) mass is 288 g/mol. The van der Waals surface area contributed by atoms with Crippen LogP contribution in [0.3, 0.4) is 0 Å². The van der Waals surface area contributed by atoms with Crippen molar-refractivity contribution in [3.8, 4) is 0 Å². The van der Waals surface area contributed by atoms with Crippen molar-refractivity contribution >= 4 is 23.0 Å². The first-order valence-electron chi connectivity index (χ1n) is 4.36. The van der Waals surface area contributed by atoms with E-state index in [0.717, 1.165) is 0 Å². The van der Waals surface area contributed by atoms with Crippen LogP contribution in [0.5, 0.6) is 0 Å². The van der Waals surface area contributed by atoms with Gasteiger partial charge in [0.25, 0.3) is 0 Å². The molecule has 100 valence electrons. The zero-order chi connectivity index (χ0) is 14.1. The molecule has 1 rings (SSSR count). The van der Waals surface area contributed by atoms with Crippen LogP contribution >= 0.6 is 12.2 Å². The van der Waals surface area contributed by atoms with Crippen molar-refractivity contribution in [2.45, 2.75) is 12.4 Å². The Morgan fingerprint density at radius 1 is 1.06 bits per heavy atom. The summed E-state index contributed by atoms with van der Waals surface area (Å²) in [5.74, 6) is 0. The second kappa shape index (κ2) is 4.63. The molecule has 0 aromatic heterocycles. The molecule has 3 N–H and O–H groups in total. The van der Waals surface area contributed by atoms with Gasteiger partial charge < -0.3 is 11.1 Å². The highest BCUT2D eigenvalue weighted by Gasteiger charge is 2.37. The summed E-state index contributed by atoms with van der Waals surface area (Å²) >= 11 is 4.31. The summed E-state index contributed by atoms with van der Waals surface area (Å²) in [4.78, 5) is 0. The van der Waals surface area contributed by atoms with Gasteiger partial charge in [0, 0.05) is 0 Å². The minimum absolute atomic E-state index is 0.308. The third-order valence-corrected chi connectivity index (χ3v) is 2.01. The lowest BCUT2D eigenvalue weighted by atomic mass is 10.1. The first kappa shape index (κ1) is 14.6. The standard InChI is InChI=1S/C9H6F6N2S/c10-8(11,12)4-1-2-5(9(13,14)15)6(3-4)17-7(16)18/h1-3H,(H3,16,17,18). The second-order valence-corrected chi connectivity index (χ2v) is 3.68. The van der Waals surface area contributed by atoms with Crippen LogP contribution in [0.15, 0.2) is 18.2 Å². The molecule has 9 heteroatoms. The van der Waals surface area contributed by atoms with Crippen LogP contribution in [0, 0.1) is 0 Å². The largest absolute Gasteiger partial charge is 0.418 e. The van der Waals surface area contributed by atoms with E-state index in [-0.39, 0.29) is 0 Å². The van der Waals surface area contributed by atoms with Crippen molar-refractivity contribution in [3.05, 3.63) is 29.3 Å². The first-order valence-corrected chi connectivity index (χ1v) is 4.77. The van der Waals surface area contributed by atoms with Crippen molar-refractivity contribution in [1.82, 2.24) is 0 Å². The number of hydrogen-bond donors (Lipinski definition) is 2. The molecule has 0 aliphatic rings. The van der Waals surface area contributed by atoms with Gasteiger partial charge in [-0.15, -0.1) is 0 Å². The quantitative estimate of drug-likeness (QED) is 0.614.